The van der Waals surface area contributed by atoms with Crippen LogP contribution < -0.4 is 10.1 Å². The fourth-order valence-corrected chi connectivity index (χ4v) is 1.34. The van der Waals surface area contributed by atoms with Gasteiger partial charge < -0.3 is 10.1 Å². The minimum atomic E-state index is 0.0504. The molecule has 1 N–H and O–H groups in total. The second-order valence-corrected chi connectivity index (χ2v) is 3.99. The van der Waals surface area contributed by atoms with Crippen molar-refractivity contribution in [2.75, 3.05) is 13.7 Å². The van der Waals surface area contributed by atoms with Crippen LogP contribution in [0.2, 0.25) is 0 Å². The van der Waals surface area contributed by atoms with Crippen molar-refractivity contribution in [3.63, 3.8) is 0 Å². The Kier molecular flexibility index (Phi) is 5.18. The molecule has 4 heteroatoms. The lowest BCUT2D eigenvalue weighted by atomic mass is 10.3. The van der Waals surface area contributed by atoms with Crippen molar-refractivity contribution in [3.8, 4) is 5.75 Å². The average molecular weight is 272 g/mol. The van der Waals surface area contributed by atoms with Gasteiger partial charge in [-0.3, -0.25) is 4.79 Å². The van der Waals surface area contributed by atoms with E-state index in [2.05, 4.69) is 21.2 Å². The molecule has 0 bridgehead atoms. The SMILES string of the molecule is CNC(=O)CCCOc1ccc(Br)cc1. The summed E-state index contributed by atoms with van der Waals surface area (Å²) in [6, 6.07) is 7.64. The van der Waals surface area contributed by atoms with Crippen molar-refractivity contribution in [1.82, 2.24) is 5.32 Å². The van der Waals surface area contributed by atoms with Gasteiger partial charge in [-0.1, -0.05) is 15.9 Å². The second-order valence-electron chi connectivity index (χ2n) is 3.08. The average Bonchev–Trinajstić information content (AvgIpc) is 2.26. The van der Waals surface area contributed by atoms with Crippen LogP contribution in [0.3, 0.4) is 0 Å². The maximum atomic E-state index is 10.9. The fourth-order valence-electron chi connectivity index (χ4n) is 1.08. The van der Waals surface area contributed by atoms with Crippen LogP contribution in [0, 0.1) is 0 Å². The van der Waals surface area contributed by atoms with Crippen molar-refractivity contribution in [2.45, 2.75) is 12.8 Å². The molecule has 1 amide bonds. The first-order valence-corrected chi connectivity index (χ1v) is 5.60. The minimum absolute atomic E-state index is 0.0504. The van der Waals surface area contributed by atoms with Crippen LogP contribution in [0.1, 0.15) is 12.8 Å². The highest BCUT2D eigenvalue weighted by atomic mass is 79.9. The van der Waals surface area contributed by atoms with Crippen molar-refractivity contribution in [2.24, 2.45) is 0 Å². The number of rotatable bonds is 5. The molecule has 0 heterocycles. The standard InChI is InChI=1S/C11H14BrNO2/c1-13-11(14)3-2-8-15-10-6-4-9(12)5-7-10/h4-7H,2-3,8H2,1H3,(H,13,14). The Bertz CT molecular complexity index is 311. The van der Waals surface area contributed by atoms with Crippen molar-refractivity contribution in [3.05, 3.63) is 28.7 Å². The van der Waals surface area contributed by atoms with Gasteiger partial charge in [-0.25, -0.2) is 0 Å². The van der Waals surface area contributed by atoms with Gasteiger partial charge in [0.05, 0.1) is 6.61 Å². The molecule has 0 aliphatic heterocycles. The lowest BCUT2D eigenvalue weighted by molar-refractivity contribution is -0.120. The van der Waals surface area contributed by atoms with Gasteiger partial charge in [0, 0.05) is 17.9 Å². The van der Waals surface area contributed by atoms with Crippen molar-refractivity contribution in [1.29, 1.82) is 0 Å². The van der Waals surface area contributed by atoms with Crippen molar-refractivity contribution < 1.29 is 9.53 Å². The summed E-state index contributed by atoms with van der Waals surface area (Å²) in [5.41, 5.74) is 0. The van der Waals surface area contributed by atoms with Crippen LogP contribution in [0.15, 0.2) is 28.7 Å². The predicted molar refractivity (Wildman–Crippen MR) is 62.9 cm³/mol. The Morgan fingerprint density at radius 3 is 2.67 bits per heavy atom. The number of hydrogen-bond donors (Lipinski definition) is 1. The Morgan fingerprint density at radius 2 is 2.07 bits per heavy atom. The highest BCUT2D eigenvalue weighted by Crippen LogP contribution is 2.16. The van der Waals surface area contributed by atoms with E-state index < -0.39 is 0 Å². The van der Waals surface area contributed by atoms with Crippen LogP contribution in [0.5, 0.6) is 5.75 Å². The maximum Gasteiger partial charge on any atom is 0.219 e. The number of benzene rings is 1. The molecule has 0 fully saturated rings. The van der Waals surface area contributed by atoms with Crippen LogP contribution in [-0.4, -0.2) is 19.6 Å². The molecule has 0 spiro atoms. The van der Waals surface area contributed by atoms with E-state index in [1.807, 2.05) is 24.3 Å². The summed E-state index contributed by atoms with van der Waals surface area (Å²) in [4.78, 5) is 10.9. The third-order valence-electron chi connectivity index (χ3n) is 1.91. The van der Waals surface area contributed by atoms with Gasteiger partial charge in [0.1, 0.15) is 5.75 Å². The molecule has 0 atom stereocenters. The van der Waals surface area contributed by atoms with Crippen molar-refractivity contribution >= 4 is 21.8 Å². The van der Waals surface area contributed by atoms with E-state index in [-0.39, 0.29) is 5.91 Å². The first-order valence-electron chi connectivity index (χ1n) is 4.81. The molecule has 3 nitrogen and oxygen atoms in total. The summed E-state index contributed by atoms with van der Waals surface area (Å²) in [5.74, 6) is 0.879. The van der Waals surface area contributed by atoms with Gasteiger partial charge in [0.2, 0.25) is 5.91 Å². The Morgan fingerprint density at radius 1 is 1.40 bits per heavy atom. The van der Waals surface area contributed by atoms with E-state index in [1.54, 1.807) is 7.05 Å². The van der Waals surface area contributed by atoms with E-state index in [4.69, 9.17) is 4.74 Å². The van der Waals surface area contributed by atoms with Gasteiger partial charge in [-0.2, -0.15) is 0 Å². The smallest absolute Gasteiger partial charge is 0.219 e. The summed E-state index contributed by atoms with van der Waals surface area (Å²) in [6.45, 7) is 0.565. The first kappa shape index (κ1) is 12.0. The molecule has 0 aliphatic carbocycles. The Labute approximate surface area is 97.9 Å². The van der Waals surface area contributed by atoms with Gasteiger partial charge in [0.25, 0.3) is 0 Å². The molecular formula is C11H14BrNO2. The highest BCUT2D eigenvalue weighted by Gasteiger charge is 1.98. The number of hydrogen-bond acceptors (Lipinski definition) is 2. The third-order valence-corrected chi connectivity index (χ3v) is 2.44. The zero-order valence-electron chi connectivity index (χ0n) is 8.63. The van der Waals surface area contributed by atoms with E-state index in [9.17, 15) is 4.79 Å². The van der Waals surface area contributed by atoms with E-state index >= 15 is 0 Å². The van der Waals surface area contributed by atoms with Gasteiger partial charge in [-0.15, -0.1) is 0 Å². The first-order chi connectivity index (χ1) is 7.22. The largest absolute Gasteiger partial charge is 0.494 e. The molecule has 0 saturated carbocycles. The molecule has 0 radical (unpaired) electrons. The maximum absolute atomic E-state index is 10.9. The molecule has 1 aromatic rings. The molecule has 1 aromatic carbocycles. The lowest BCUT2D eigenvalue weighted by Gasteiger charge is -2.05. The zero-order chi connectivity index (χ0) is 11.1. The molecule has 15 heavy (non-hydrogen) atoms. The molecule has 0 saturated heterocycles. The van der Waals surface area contributed by atoms with Crippen LogP contribution in [0.4, 0.5) is 0 Å². The number of carbonyl (C=O) groups is 1. The third kappa shape index (κ3) is 4.83. The number of carbonyl (C=O) groups excluding carboxylic acids is 1. The van der Waals surface area contributed by atoms with E-state index in [0.717, 1.165) is 16.6 Å². The summed E-state index contributed by atoms with van der Waals surface area (Å²) < 4.78 is 6.48. The number of halogens is 1. The molecular weight excluding hydrogens is 258 g/mol. The number of amides is 1. The quantitative estimate of drug-likeness (QED) is 0.835. The number of ether oxygens (including phenoxy) is 1. The lowest BCUT2D eigenvalue weighted by Crippen LogP contribution is -2.18. The summed E-state index contributed by atoms with van der Waals surface area (Å²) in [5, 5.41) is 2.57. The molecule has 0 aromatic heterocycles. The molecule has 0 unspecified atom stereocenters. The highest BCUT2D eigenvalue weighted by molar-refractivity contribution is 9.10. The molecule has 0 aliphatic rings. The van der Waals surface area contributed by atoms with Crippen LogP contribution >= 0.6 is 15.9 Å². The second kappa shape index (κ2) is 6.45. The van der Waals surface area contributed by atoms with E-state index in [1.165, 1.54) is 0 Å². The minimum Gasteiger partial charge on any atom is -0.494 e. The summed E-state index contributed by atoms with van der Waals surface area (Å²) >= 11 is 3.35. The normalized spacial score (nSPS) is 9.73. The zero-order valence-corrected chi connectivity index (χ0v) is 10.2. The topological polar surface area (TPSA) is 38.3 Å². The van der Waals surface area contributed by atoms with Crippen LogP contribution in [0.25, 0.3) is 0 Å². The fraction of sp³-hybridized carbons (Fsp3) is 0.364. The monoisotopic (exact) mass is 271 g/mol. The molecule has 82 valence electrons. The Balaban J connectivity index is 2.20. The summed E-state index contributed by atoms with van der Waals surface area (Å²) in [6.07, 6.45) is 1.24. The summed E-state index contributed by atoms with van der Waals surface area (Å²) in [7, 11) is 1.64. The van der Waals surface area contributed by atoms with Gasteiger partial charge in [0.15, 0.2) is 0 Å². The van der Waals surface area contributed by atoms with Gasteiger partial charge >= 0.3 is 0 Å². The van der Waals surface area contributed by atoms with E-state index in [0.29, 0.717) is 13.0 Å². The van der Waals surface area contributed by atoms with Crippen LogP contribution in [-0.2, 0) is 4.79 Å². The molecule has 1 rings (SSSR count). The Hall–Kier alpha value is -1.03. The number of nitrogens with one attached hydrogen (secondary N) is 1. The predicted octanol–water partition coefficient (Wildman–Crippen LogP) is 2.35. The van der Waals surface area contributed by atoms with Gasteiger partial charge in [-0.05, 0) is 30.7 Å².